The molecular weight excluding hydrogens is 319 g/mol. The Morgan fingerprint density at radius 3 is 2.60 bits per heavy atom. The van der Waals surface area contributed by atoms with Crippen LogP contribution in [0, 0.1) is 0 Å². The number of rotatable bonds is 4. The van der Waals surface area contributed by atoms with Crippen molar-refractivity contribution in [3.63, 3.8) is 0 Å². The van der Waals surface area contributed by atoms with Crippen LogP contribution in [0.3, 0.4) is 0 Å². The van der Waals surface area contributed by atoms with Crippen LogP contribution in [0.25, 0.3) is 0 Å². The van der Waals surface area contributed by atoms with Crippen LogP contribution in [0.2, 0.25) is 5.02 Å². The smallest absolute Gasteiger partial charge is 0.138 e. The molecule has 1 heterocycles. The van der Waals surface area contributed by atoms with Crippen molar-refractivity contribution in [3.8, 4) is 5.75 Å². The van der Waals surface area contributed by atoms with Gasteiger partial charge in [0.1, 0.15) is 5.75 Å². The molecule has 0 aromatic heterocycles. The third-order valence-corrected chi connectivity index (χ3v) is 3.66. The highest BCUT2D eigenvalue weighted by Crippen LogP contribution is 2.36. The molecule has 1 aromatic rings. The first kappa shape index (κ1) is 19.6. The van der Waals surface area contributed by atoms with Crippen LogP contribution in [0.4, 0.5) is 0 Å². The van der Waals surface area contributed by atoms with Gasteiger partial charge in [0.15, 0.2) is 0 Å². The highest BCUT2D eigenvalue weighted by atomic mass is 35.5. The van der Waals surface area contributed by atoms with Crippen molar-refractivity contribution in [2.24, 2.45) is 0 Å². The van der Waals surface area contributed by atoms with Crippen LogP contribution in [-0.4, -0.2) is 36.2 Å². The standard InChI is InChI=1S/C14H19ClN2O.2ClH/c1-2-4-13(17-9-7-16-8-10-17)11-5-3-6-12(15)14(11)18;;/h2-3,5-6,13,16,18H,1,4,7-10H2;2*1H/t13-;;/m1../s1. The monoisotopic (exact) mass is 338 g/mol. The maximum Gasteiger partial charge on any atom is 0.138 e. The SMILES string of the molecule is C=CC[C@H](c1cccc(Cl)c1O)N1CCNCC1.Cl.Cl. The van der Waals surface area contributed by atoms with Crippen molar-refractivity contribution in [1.29, 1.82) is 0 Å². The van der Waals surface area contributed by atoms with Crippen molar-refractivity contribution in [2.45, 2.75) is 12.5 Å². The third-order valence-electron chi connectivity index (χ3n) is 3.36. The zero-order valence-corrected chi connectivity index (χ0v) is 13.6. The van der Waals surface area contributed by atoms with E-state index in [0.717, 1.165) is 38.2 Å². The second-order valence-electron chi connectivity index (χ2n) is 4.50. The van der Waals surface area contributed by atoms with Gasteiger partial charge < -0.3 is 10.4 Å². The molecule has 0 bridgehead atoms. The largest absolute Gasteiger partial charge is 0.506 e. The molecule has 1 saturated heterocycles. The Kier molecular flexibility index (Phi) is 9.27. The number of nitrogens with zero attached hydrogens (tertiary/aromatic N) is 1. The second kappa shape index (κ2) is 9.48. The van der Waals surface area contributed by atoms with Crippen molar-refractivity contribution in [3.05, 3.63) is 41.4 Å². The van der Waals surface area contributed by atoms with Gasteiger partial charge in [0.05, 0.1) is 5.02 Å². The van der Waals surface area contributed by atoms with E-state index in [0.29, 0.717) is 5.02 Å². The molecule has 0 aliphatic carbocycles. The average molecular weight is 340 g/mol. The molecule has 3 nitrogen and oxygen atoms in total. The van der Waals surface area contributed by atoms with Gasteiger partial charge in [-0.2, -0.15) is 0 Å². The predicted molar refractivity (Wildman–Crippen MR) is 89.6 cm³/mol. The number of halogens is 3. The molecule has 1 fully saturated rings. The van der Waals surface area contributed by atoms with E-state index in [1.807, 2.05) is 18.2 Å². The van der Waals surface area contributed by atoms with Gasteiger partial charge in [0, 0.05) is 37.8 Å². The quantitative estimate of drug-likeness (QED) is 0.825. The van der Waals surface area contributed by atoms with E-state index in [1.54, 1.807) is 6.07 Å². The van der Waals surface area contributed by atoms with Gasteiger partial charge in [-0.1, -0.05) is 29.8 Å². The number of hydrogen-bond donors (Lipinski definition) is 2. The summed E-state index contributed by atoms with van der Waals surface area (Å²) in [6.45, 7) is 7.73. The van der Waals surface area contributed by atoms with Gasteiger partial charge >= 0.3 is 0 Å². The molecule has 0 saturated carbocycles. The van der Waals surface area contributed by atoms with E-state index < -0.39 is 0 Å². The molecule has 114 valence electrons. The summed E-state index contributed by atoms with van der Waals surface area (Å²) in [5, 5.41) is 13.9. The van der Waals surface area contributed by atoms with Crippen molar-refractivity contribution < 1.29 is 5.11 Å². The fourth-order valence-corrected chi connectivity index (χ4v) is 2.61. The second-order valence-corrected chi connectivity index (χ2v) is 4.91. The Hall–Kier alpha value is -0.450. The molecule has 6 heteroatoms. The topological polar surface area (TPSA) is 35.5 Å². The first-order valence-corrected chi connectivity index (χ1v) is 6.65. The lowest BCUT2D eigenvalue weighted by atomic mass is 10.00. The minimum atomic E-state index is 0. The van der Waals surface area contributed by atoms with Crippen LogP contribution >= 0.6 is 36.4 Å². The zero-order valence-electron chi connectivity index (χ0n) is 11.2. The Bertz CT molecular complexity index is 423. The zero-order chi connectivity index (χ0) is 13.0. The van der Waals surface area contributed by atoms with Crippen LogP contribution < -0.4 is 5.32 Å². The highest BCUT2D eigenvalue weighted by Gasteiger charge is 2.23. The number of piperazine rings is 1. The molecule has 1 atom stereocenters. The first-order valence-electron chi connectivity index (χ1n) is 6.27. The van der Waals surface area contributed by atoms with E-state index >= 15 is 0 Å². The number of phenolic OH excluding ortho intramolecular Hbond substituents is 1. The lowest BCUT2D eigenvalue weighted by Crippen LogP contribution is -2.45. The number of nitrogens with one attached hydrogen (secondary N) is 1. The number of hydrogen-bond acceptors (Lipinski definition) is 3. The molecule has 1 aliphatic heterocycles. The normalized spacial score (nSPS) is 16.6. The van der Waals surface area contributed by atoms with E-state index in [-0.39, 0.29) is 36.6 Å². The summed E-state index contributed by atoms with van der Waals surface area (Å²) in [4.78, 5) is 2.36. The van der Waals surface area contributed by atoms with E-state index in [4.69, 9.17) is 11.6 Å². The summed E-state index contributed by atoms with van der Waals surface area (Å²) < 4.78 is 0. The summed E-state index contributed by atoms with van der Waals surface area (Å²) in [5.74, 6) is 0.199. The maximum atomic E-state index is 10.1. The lowest BCUT2D eigenvalue weighted by molar-refractivity contribution is 0.172. The van der Waals surface area contributed by atoms with E-state index in [9.17, 15) is 5.11 Å². The van der Waals surface area contributed by atoms with Crippen LogP contribution in [0.5, 0.6) is 5.75 Å². The first-order chi connectivity index (χ1) is 8.74. The fourth-order valence-electron chi connectivity index (χ4n) is 2.43. The number of benzene rings is 1. The molecule has 20 heavy (non-hydrogen) atoms. The molecule has 0 spiro atoms. The van der Waals surface area contributed by atoms with Crippen molar-refractivity contribution >= 4 is 36.4 Å². The van der Waals surface area contributed by atoms with Gasteiger partial charge in [-0.25, -0.2) is 0 Å². The van der Waals surface area contributed by atoms with Gasteiger partial charge in [0.2, 0.25) is 0 Å². The van der Waals surface area contributed by atoms with Gasteiger partial charge in [-0.05, 0) is 12.5 Å². The Balaban J connectivity index is 0.00000180. The molecule has 2 rings (SSSR count). The number of para-hydroxylation sites is 1. The molecular formula is C14H21Cl3N2O. The minimum absolute atomic E-state index is 0. The maximum absolute atomic E-state index is 10.1. The molecule has 2 N–H and O–H groups in total. The fraction of sp³-hybridized carbons (Fsp3) is 0.429. The van der Waals surface area contributed by atoms with Crippen LogP contribution in [0.1, 0.15) is 18.0 Å². The number of aromatic hydroxyl groups is 1. The summed E-state index contributed by atoms with van der Waals surface area (Å²) in [5.41, 5.74) is 0.893. The highest BCUT2D eigenvalue weighted by molar-refractivity contribution is 6.32. The average Bonchev–Trinajstić information content (AvgIpc) is 2.41. The predicted octanol–water partition coefficient (Wildman–Crippen LogP) is 3.41. The van der Waals surface area contributed by atoms with Crippen LogP contribution in [-0.2, 0) is 0 Å². The summed E-state index contributed by atoms with van der Waals surface area (Å²) in [6.07, 6.45) is 2.71. The van der Waals surface area contributed by atoms with Gasteiger partial charge in [-0.15, -0.1) is 31.4 Å². The molecule has 1 aliphatic rings. The molecule has 1 aromatic carbocycles. The minimum Gasteiger partial charge on any atom is -0.506 e. The van der Waals surface area contributed by atoms with Crippen molar-refractivity contribution in [2.75, 3.05) is 26.2 Å². The Morgan fingerprint density at radius 1 is 1.35 bits per heavy atom. The molecule has 0 unspecified atom stereocenters. The van der Waals surface area contributed by atoms with Crippen molar-refractivity contribution in [1.82, 2.24) is 10.2 Å². The summed E-state index contributed by atoms with van der Waals surface area (Å²) >= 11 is 5.99. The van der Waals surface area contributed by atoms with Crippen LogP contribution in [0.15, 0.2) is 30.9 Å². The summed E-state index contributed by atoms with van der Waals surface area (Å²) in [7, 11) is 0. The Morgan fingerprint density at radius 2 is 2.00 bits per heavy atom. The summed E-state index contributed by atoms with van der Waals surface area (Å²) in [6, 6.07) is 5.69. The lowest BCUT2D eigenvalue weighted by Gasteiger charge is -2.35. The molecule has 0 radical (unpaired) electrons. The molecule has 0 amide bonds. The van der Waals surface area contributed by atoms with Gasteiger partial charge in [0.25, 0.3) is 0 Å². The number of phenols is 1. The Labute approximate surface area is 137 Å². The van der Waals surface area contributed by atoms with E-state index in [1.165, 1.54) is 0 Å². The van der Waals surface area contributed by atoms with E-state index in [2.05, 4.69) is 16.8 Å². The third kappa shape index (κ3) is 4.54. The van der Waals surface area contributed by atoms with Gasteiger partial charge in [-0.3, -0.25) is 4.90 Å².